The molecule has 0 spiro atoms. The van der Waals surface area contributed by atoms with Gasteiger partial charge in [-0.3, -0.25) is 14.5 Å². The van der Waals surface area contributed by atoms with E-state index in [9.17, 15) is 14.0 Å². The number of nitrogens with one attached hydrogen (secondary N) is 1. The maximum absolute atomic E-state index is 13.2. The van der Waals surface area contributed by atoms with E-state index in [4.69, 9.17) is 0 Å². The third-order valence-electron chi connectivity index (χ3n) is 5.25. The number of rotatable bonds is 5. The topological polar surface area (TPSA) is 52.7 Å². The molecule has 1 aromatic carbocycles. The summed E-state index contributed by atoms with van der Waals surface area (Å²) < 4.78 is 13.2. The number of hydrogen-bond donors (Lipinski definition) is 1. The summed E-state index contributed by atoms with van der Waals surface area (Å²) in [5, 5.41) is 3.01. The van der Waals surface area contributed by atoms with E-state index >= 15 is 0 Å². The Kier molecular flexibility index (Phi) is 5.46. The number of carbonyl (C=O) groups is 2. The first kappa shape index (κ1) is 19.1. The number of halogens is 1. The lowest BCUT2D eigenvalue weighted by Gasteiger charge is -2.34. The molecule has 0 unspecified atom stereocenters. The quantitative estimate of drug-likeness (QED) is 0.838. The zero-order chi connectivity index (χ0) is 19.7. The van der Waals surface area contributed by atoms with E-state index < -0.39 is 0 Å². The second-order valence-corrected chi connectivity index (χ2v) is 8.75. The largest absolute Gasteiger partial charge is 0.352 e. The molecule has 1 N–H and O–H groups in total. The van der Waals surface area contributed by atoms with Crippen molar-refractivity contribution in [2.75, 3.05) is 32.7 Å². The van der Waals surface area contributed by atoms with Crippen LogP contribution in [0.4, 0.5) is 4.39 Å². The highest BCUT2D eigenvalue weighted by atomic mass is 32.1. The van der Waals surface area contributed by atoms with E-state index in [2.05, 4.69) is 10.2 Å². The van der Waals surface area contributed by atoms with Crippen LogP contribution in [0, 0.1) is 12.7 Å². The van der Waals surface area contributed by atoms with Crippen LogP contribution in [0.1, 0.15) is 27.4 Å². The lowest BCUT2D eigenvalue weighted by Crippen LogP contribution is -2.51. The molecule has 2 aromatic rings. The molecule has 0 bridgehead atoms. The lowest BCUT2D eigenvalue weighted by atomic mass is 10.1. The molecule has 7 heteroatoms. The van der Waals surface area contributed by atoms with Crippen molar-refractivity contribution < 1.29 is 14.0 Å². The minimum absolute atomic E-state index is 0.0311. The molecule has 2 aliphatic rings. The molecule has 1 aliphatic heterocycles. The normalized spacial score (nSPS) is 17.6. The summed E-state index contributed by atoms with van der Waals surface area (Å²) in [4.78, 5) is 30.6. The highest BCUT2D eigenvalue weighted by molar-refractivity contribution is 7.14. The maximum Gasteiger partial charge on any atom is 0.264 e. The molecule has 28 heavy (non-hydrogen) atoms. The van der Waals surface area contributed by atoms with E-state index in [0.29, 0.717) is 43.6 Å². The number of hydrogen-bond acceptors (Lipinski definition) is 4. The Balaban J connectivity index is 1.35. The molecule has 5 nitrogen and oxygen atoms in total. The first-order valence-electron chi connectivity index (χ1n) is 9.67. The first-order chi connectivity index (χ1) is 13.5. The van der Waals surface area contributed by atoms with Gasteiger partial charge in [0.1, 0.15) is 5.82 Å². The monoisotopic (exact) mass is 401 g/mol. The van der Waals surface area contributed by atoms with Gasteiger partial charge in [-0.15, -0.1) is 11.3 Å². The number of aryl methyl sites for hydroxylation is 1. The summed E-state index contributed by atoms with van der Waals surface area (Å²) in [6.07, 6.45) is 2.18. The van der Waals surface area contributed by atoms with Crippen LogP contribution in [-0.4, -0.2) is 60.4 Å². The molecule has 2 amide bonds. The van der Waals surface area contributed by atoms with Gasteiger partial charge in [-0.05, 0) is 49.1 Å². The van der Waals surface area contributed by atoms with Gasteiger partial charge in [0, 0.05) is 37.1 Å². The molecule has 4 rings (SSSR count). The number of benzene rings is 1. The van der Waals surface area contributed by atoms with E-state index in [1.54, 1.807) is 12.1 Å². The van der Waals surface area contributed by atoms with Crippen molar-refractivity contribution in [3.63, 3.8) is 0 Å². The average molecular weight is 402 g/mol. The van der Waals surface area contributed by atoms with Gasteiger partial charge in [-0.25, -0.2) is 4.39 Å². The predicted octanol–water partition coefficient (Wildman–Crippen LogP) is 2.90. The first-order valence-corrected chi connectivity index (χ1v) is 10.5. The number of piperazine rings is 1. The Morgan fingerprint density at radius 2 is 1.82 bits per heavy atom. The van der Waals surface area contributed by atoms with Gasteiger partial charge in [0.05, 0.1) is 11.4 Å². The summed E-state index contributed by atoms with van der Waals surface area (Å²) in [5.41, 5.74) is 1.89. The van der Waals surface area contributed by atoms with Crippen molar-refractivity contribution in [1.29, 1.82) is 0 Å². The van der Waals surface area contributed by atoms with Crippen LogP contribution in [0.2, 0.25) is 0 Å². The molecule has 0 radical (unpaired) electrons. The van der Waals surface area contributed by atoms with Crippen molar-refractivity contribution in [1.82, 2.24) is 15.1 Å². The van der Waals surface area contributed by atoms with Gasteiger partial charge < -0.3 is 10.2 Å². The van der Waals surface area contributed by atoms with Gasteiger partial charge in [0.25, 0.3) is 5.91 Å². The highest BCUT2D eigenvalue weighted by Crippen LogP contribution is 2.32. The van der Waals surface area contributed by atoms with Crippen molar-refractivity contribution in [2.45, 2.75) is 25.8 Å². The Morgan fingerprint density at radius 3 is 2.46 bits per heavy atom. The summed E-state index contributed by atoms with van der Waals surface area (Å²) >= 11 is 1.48. The fraction of sp³-hybridized carbons (Fsp3) is 0.429. The van der Waals surface area contributed by atoms with Crippen LogP contribution in [0.25, 0.3) is 11.1 Å². The second-order valence-electron chi connectivity index (χ2n) is 7.50. The Labute approximate surface area is 168 Å². The minimum Gasteiger partial charge on any atom is -0.352 e. The zero-order valence-electron chi connectivity index (χ0n) is 15.9. The van der Waals surface area contributed by atoms with E-state index in [-0.39, 0.29) is 17.6 Å². The molecule has 1 aromatic heterocycles. The van der Waals surface area contributed by atoms with Crippen LogP contribution in [-0.2, 0) is 4.79 Å². The van der Waals surface area contributed by atoms with E-state index in [0.717, 1.165) is 28.8 Å². The average Bonchev–Trinajstić information content (AvgIpc) is 3.41. The Hall–Kier alpha value is -2.25. The second kappa shape index (κ2) is 8.01. The Bertz CT molecular complexity index is 868. The molecule has 1 aliphatic carbocycles. The fourth-order valence-corrected chi connectivity index (χ4v) is 4.48. The molecule has 148 valence electrons. The van der Waals surface area contributed by atoms with Crippen LogP contribution in [0.15, 0.2) is 30.3 Å². The van der Waals surface area contributed by atoms with Gasteiger partial charge in [0.2, 0.25) is 5.91 Å². The predicted molar refractivity (Wildman–Crippen MR) is 108 cm³/mol. The van der Waals surface area contributed by atoms with Gasteiger partial charge in [-0.1, -0.05) is 12.1 Å². The van der Waals surface area contributed by atoms with Crippen LogP contribution in [0.3, 0.4) is 0 Å². The standard InChI is InChI=1S/C21H24FN3O2S/c1-14-18(15-2-4-16(22)5-3-15)12-19(28-14)21(27)25-10-8-24(9-11-25)13-20(26)23-17-6-7-17/h2-5,12,17H,6-11,13H2,1H3,(H,23,26). The zero-order valence-corrected chi connectivity index (χ0v) is 16.7. The van der Waals surface area contributed by atoms with Crippen LogP contribution < -0.4 is 5.32 Å². The summed E-state index contributed by atoms with van der Waals surface area (Å²) in [5.74, 6) is -0.153. The highest BCUT2D eigenvalue weighted by Gasteiger charge is 2.27. The number of nitrogens with zero attached hydrogens (tertiary/aromatic N) is 2. The molecule has 1 saturated carbocycles. The van der Waals surface area contributed by atoms with Crippen LogP contribution in [0.5, 0.6) is 0 Å². The third-order valence-corrected chi connectivity index (χ3v) is 6.29. The molecular formula is C21H24FN3O2S. The third kappa shape index (κ3) is 4.42. The minimum atomic E-state index is -0.267. The summed E-state index contributed by atoms with van der Waals surface area (Å²) in [6.45, 7) is 5.05. The number of amides is 2. The van der Waals surface area contributed by atoms with E-state index in [1.807, 2.05) is 17.9 Å². The van der Waals surface area contributed by atoms with Gasteiger partial charge in [0.15, 0.2) is 0 Å². The van der Waals surface area contributed by atoms with Crippen molar-refractivity contribution in [2.24, 2.45) is 0 Å². The fourth-order valence-electron chi connectivity index (χ4n) is 3.47. The summed E-state index contributed by atoms with van der Waals surface area (Å²) in [6, 6.07) is 8.64. The summed E-state index contributed by atoms with van der Waals surface area (Å²) in [7, 11) is 0. The molecule has 2 fully saturated rings. The van der Waals surface area contributed by atoms with Crippen molar-refractivity contribution in [3.8, 4) is 11.1 Å². The van der Waals surface area contributed by atoms with Crippen molar-refractivity contribution in [3.05, 3.63) is 45.9 Å². The lowest BCUT2D eigenvalue weighted by molar-refractivity contribution is -0.122. The Morgan fingerprint density at radius 1 is 1.14 bits per heavy atom. The number of thiophene rings is 1. The smallest absolute Gasteiger partial charge is 0.264 e. The molecule has 1 saturated heterocycles. The molecule has 2 heterocycles. The molecular weight excluding hydrogens is 377 g/mol. The van der Waals surface area contributed by atoms with Crippen LogP contribution >= 0.6 is 11.3 Å². The van der Waals surface area contributed by atoms with E-state index in [1.165, 1.54) is 23.5 Å². The molecule has 0 atom stereocenters. The van der Waals surface area contributed by atoms with Gasteiger partial charge in [-0.2, -0.15) is 0 Å². The van der Waals surface area contributed by atoms with Gasteiger partial charge >= 0.3 is 0 Å². The SMILES string of the molecule is Cc1sc(C(=O)N2CCN(CC(=O)NC3CC3)CC2)cc1-c1ccc(F)cc1. The number of carbonyl (C=O) groups excluding carboxylic acids is 2. The van der Waals surface area contributed by atoms with Crippen molar-refractivity contribution >= 4 is 23.2 Å². The maximum atomic E-state index is 13.2.